The summed E-state index contributed by atoms with van der Waals surface area (Å²) in [5.41, 5.74) is 14.0. The molecule has 0 fully saturated rings. The van der Waals surface area contributed by atoms with Gasteiger partial charge in [-0.15, -0.1) is 0 Å². The second kappa shape index (κ2) is 5.98. The lowest BCUT2D eigenvalue weighted by atomic mass is 9.48. The molecule has 0 amide bonds. The van der Waals surface area contributed by atoms with Crippen molar-refractivity contribution in [3.63, 3.8) is 0 Å². The molecule has 27 heavy (non-hydrogen) atoms. The van der Waals surface area contributed by atoms with Crippen LogP contribution in [0.1, 0.15) is 41.7 Å². The first kappa shape index (κ1) is 17.1. The van der Waals surface area contributed by atoms with Crippen LogP contribution in [0, 0.1) is 0 Å². The van der Waals surface area contributed by atoms with Gasteiger partial charge >= 0.3 is 0 Å². The van der Waals surface area contributed by atoms with E-state index in [1.807, 2.05) is 11.8 Å². The van der Waals surface area contributed by atoms with Crippen LogP contribution in [-0.4, -0.2) is 11.3 Å². The largest absolute Gasteiger partial charge is 0.326 e. The van der Waals surface area contributed by atoms with Crippen molar-refractivity contribution >= 4 is 11.8 Å². The highest BCUT2D eigenvalue weighted by Gasteiger charge is 2.60. The minimum absolute atomic E-state index is 0.0657. The predicted molar refractivity (Wildman–Crippen MR) is 115 cm³/mol. The predicted octanol–water partition coefficient (Wildman–Crippen LogP) is 5.25. The van der Waals surface area contributed by atoms with Gasteiger partial charge in [-0.1, -0.05) is 85.8 Å². The molecule has 2 atom stereocenters. The van der Waals surface area contributed by atoms with Gasteiger partial charge in [-0.05, 0) is 34.7 Å². The topological polar surface area (TPSA) is 26.0 Å². The van der Waals surface area contributed by atoms with Crippen LogP contribution >= 0.6 is 11.8 Å². The molecule has 0 saturated heterocycles. The first-order valence-electron chi connectivity index (χ1n) is 9.69. The third kappa shape index (κ3) is 2.17. The fourth-order valence-corrected chi connectivity index (χ4v) is 7.06. The standard InChI is InChI=1S/C25H25NS/c1-24-18-12-6-8-14-20(18)25(2,21-15-9-7-13-19(21)24)23(22(24)26)27-16-17-10-4-3-5-11-17/h3-15,22-23H,16,26H2,1-2H3/t22-,23+,24?,25?/m1/s1. The first-order chi connectivity index (χ1) is 13.1. The summed E-state index contributed by atoms with van der Waals surface area (Å²) in [6.45, 7) is 4.76. The molecule has 0 unspecified atom stereocenters. The molecule has 0 heterocycles. The molecule has 0 spiro atoms. The number of hydrogen-bond acceptors (Lipinski definition) is 2. The molecule has 3 aromatic carbocycles. The van der Waals surface area contributed by atoms with E-state index in [2.05, 4.69) is 92.7 Å². The average Bonchev–Trinajstić information content (AvgIpc) is 2.72. The van der Waals surface area contributed by atoms with Crippen LogP contribution in [0.2, 0.25) is 0 Å². The Hall–Kier alpha value is -2.03. The van der Waals surface area contributed by atoms with Crippen LogP contribution < -0.4 is 5.73 Å². The van der Waals surface area contributed by atoms with Crippen molar-refractivity contribution in [3.05, 3.63) is 107 Å². The normalized spacial score (nSPS) is 30.6. The Bertz CT molecular complexity index is 946. The van der Waals surface area contributed by atoms with Gasteiger partial charge in [-0.3, -0.25) is 0 Å². The Morgan fingerprint density at radius 3 is 1.67 bits per heavy atom. The monoisotopic (exact) mass is 371 g/mol. The molecule has 2 bridgehead atoms. The summed E-state index contributed by atoms with van der Waals surface area (Å²) in [5.74, 6) is 0.995. The number of nitrogens with two attached hydrogens (primary N) is 1. The highest BCUT2D eigenvalue weighted by atomic mass is 32.2. The zero-order valence-electron chi connectivity index (χ0n) is 15.9. The van der Waals surface area contributed by atoms with Gasteiger partial charge in [-0.25, -0.2) is 0 Å². The second-order valence-corrected chi connectivity index (χ2v) is 9.37. The number of rotatable bonds is 3. The fourth-order valence-electron chi connectivity index (χ4n) is 5.43. The van der Waals surface area contributed by atoms with E-state index < -0.39 is 0 Å². The van der Waals surface area contributed by atoms with E-state index in [4.69, 9.17) is 5.73 Å². The molecule has 6 rings (SSSR count). The maximum absolute atomic E-state index is 7.06. The van der Waals surface area contributed by atoms with Gasteiger partial charge in [0.25, 0.3) is 0 Å². The Labute approximate surface area is 166 Å². The van der Waals surface area contributed by atoms with Gasteiger partial charge < -0.3 is 5.73 Å². The van der Waals surface area contributed by atoms with Crippen molar-refractivity contribution in [2.45, 2.75) is 41.7 Å². The second-order valence-electron chi connectivity index (χ2n) is 8.24. The van der Waals surface area contributed by atoms with Gasteiger partial charge in [0.15, 0.2) is 0 Å². The van der Waals surface area contributed by atoms with E-state index in [0.29, 0.717) is 5.25 Å². The summed E-state index contributed by atoms with van der Waals surface area (Å²) >= 11 is 2.02. The number of thioether (sulfide) groups is 1. The van der Waals surface area contributed by atoms with Crippen LogP contribution in [-0.2, 0) is 16.6 Å². The molecule has 3 aromatic rings. The van der Waals surface area contributed by atoms with E-state index in [1.165, 1.54) is 27.8 Å². The van der Waals surface area contributed by atoms with Crippen molar-refractivity contribution in [1.29, 1.82) is 0 Å². The minimum Gasteiger partial charge on any atom is -0.326 e. The van der Waals surface area contributed by atoms with Crippen LogP contribution in [0.25, 0.3) is 0 Å². The van der Waals surface area contributed by atoms with Crippen molar-refractivity contribution in [1.82, 2.24) is 0 Å². The highest BCUT2D eigenvalue weighted by Crippen LogP contribution is 2.61. The van der Waals surface area contributed by atoms with Crippen LogP contribution in [0.4, 0.5) is 0 Å². The van der Waals surface area contributed by atoms with Gasteiger partial charge in [-0.2, -0.15) is 11.8 Å². The maximum Gasteiger partial charge on any atom is 0.0349 e. The summed E-state index contributed by atoms with van der Waals surface area (Å²) in [7, 11) is 0. The molecular weight excluding hydrogens is 346 g/mol. The molecule has 2 heteroatoms. The lowest BCUT2D eigenvalue weighted by Gasteiger charge is -2.60. The summed E-state index contributed by atoms with van der Waals surface area (Å²) in [4.78, 5) is 0. The summed E-state index contributed by atoms with van der Waals surface area (Å²) in [5, 5.41) is 0.340. The van der Waals surface area contributed by atoms with E-state index in [-0.39, 0.29) is 16.9 Å². The van der Waals surface area contributed by atoms with Crippen molar-refractivity contribution in [2.75, 3.05) is 0 Å². The third-order valence-electron chi connectivity index (χ3n) is 6.93. The van der Waals surface area contributed by atoms with Crippen LogP contribution in [0.5, 0.6) is 0 Å². The summed E-state index contributed by atoms with van der Waals surface area (Å²) in [6, 6.07) is 28.8. The van der Waals surface area contributed by atoms with Crippen molar-refractivity contribution in [3.8, 4) is 0 Å². The third-order valence-corrected chi connectivity index (χ3v) is 8.55. The Kier molecular flexibility index (Phi) is 3.79. The van der Waals surface area contributed by atoms with E-state index in [0.717, 1.165) is 5.75 Å². The number of hydrogen-bond donors (Lipinski definition) is 1. The summed E-state index contributed by atoms with van der Waals surface area (Å²) in [6.07, 6.45) is 0. The zero-order chi connectivity index (χ0) is 18.6. The Morgan fingerprint density at radius 2 is 1.15 bits per heavy atom. The van der Waals surface area contributed by atoms with Gasteiger partial charge in [0.1, 0.15) is 0 Å². The van der Waals surface area contributed by atoms with Crippen LogP contribution in [0.15, 0.2) is 78.9 Å². The molecule has 0 aromatic heterocycles. The van der Waals surface area contributed by atoms with Crippen molar-refractivity contribution in [2.24, 2.45) is 5.73 Å². The molecule has 136 valence electrons. The Morgan fingerprint density at radius 1 is 0.704 bits per heavy atom. The molecule has 0 saturated carbocycles. The molecule has 3 aliphatic carbocycles. The lowest BCUT2D eigenvalue weighted by molar-refractivity contribution is 0.291. The average molecular weight is 372 g/mol. The molecule has 0 aliphatic heterocycles. The molecule has 3 aliphatic rings. The van der Waals surface area contributed by atoms with Gasteiger partial charge in [0, 0.05) is 27.9 Å². The molecule has 1 nitrogen and oxygen atoms in total. The molecule has 0 radical (unpaired) electrons. The first-order valence-corrected chi connectivity index (χ1v) is 10.7. The SMILES string of the molecule is CC12c3ccccc3C(C)(c3ccccc31)[C@@H](SCc1ccccc1)[C@H]2N. The number of fused-ring (bicyclic) bond motifs is 1. The maximum atomic E-state index is 7.06. The fraction of sp³-hybridized carbons (Fsp3) is 0.280. The zero-order valence-corrected chi connectivity index (χ0v) is 16.7. The van der Waals surface area contributed by atoms with Gasteiger partial charge in [0.2, 0.25) is 0 Å². The Balaban J connectivity index is 1.67. The van der Waals surface area contributed by atoms with E-state index in [9.17, 15) is 0 Å². The smallest absolute Gasteiger partial charge is 0.0349 e. The van der Waals surface area contributed by atoms with Crippen molar-refractivity contribution < 1.29 is 0 Å². The molecule has 2 N–H and O–H groups in total. The minimum atomic E-state index is -0.140. The number of benzene rings is 3. The van der Waals surface area contributed by atoms with E-state index in [1.54, 1.807) is 0 Å². The van der Waals surface area contributed by atoms with E-state index >= 15 is 0 Å². The van der Waals surface area contributed by atoms with Gasteiger partial charge in [0.05, 0.1) is 0 Å². The quantitative estimate of drug-likeness (QED) is 0.680. The highest BCUT2D eigenvalue weighted by molar-refractivity contribution is 7.99. The van der Waals surface area contributed by atoms with Crippen LogP contribution in [0.3, 0.4) is 0 Å². The summed E-state index contributed by atoms with van der Waals surface area (Å²) < 4.78 is 0. The molecular formula is C25H25NS. The lowest BCUT2D eigenvalue weighted by Crippen LogP contribution is -2.66.